The summed E-state index contributed by atoms with van der Waals surface area (Å²) in [6, 6.07) is 4.90. The van der Waals surface area contributed by atoms with Crippen LogP contribution in [0.5, 0.6) is 0 Å². The van der Waals surface area contributed by atoms with Crippen LogP contribution in [0.4, 0.5) is 11.4 Å². The van der Waals surface area contributed by atoms with Crippen molar-refractivity contribution in [2.24, 2.45) is 0 Å². The molecule has 0 aliphatic carbocycles. The number of carboxylic acid groups (broad SMARTS) is 1. The second kappa shape index (κ2) is 7.60. The number of benzene rings is 1. The molecule has 1 aromatic carbocycles. The molecule has 0 amide bonds. The summed E-state index contributed by atoms with van der Waals surface area (Å²) in [5, 5.41) is 12.0. The average molecular weight is 267 g/mol. The zero-order valence-electron chi connectivity index (χ0n) is 11.3. The molecule has 1 aromatic rings. The van der Waals surface area contributed by atoms with Crippen LogP contribution in [0.3, 0.4) is 0 Å². The molecule has 4 N–H and O–H groups in total. The van der Waals surface area contributed by atoms with Gasteiger partial charge in [-0.25, -0.2) is 4.79 Å². The molecule has 0 radical (unpaired) electrons. The van der Waals surface area contributed by atoms with Crippen LogP contribution in [0.25, 0.3) is 0 Å². The van der Waals surface area contributed by atoms with Crippen molar-refractivity contribution in [2.75, 3.05) is 51.4 Å². The van der Waals surface area contributed by atoms with Crippen LogP contribution in [0, 0.1) is 0 Å². The predicted molar refractivity (Wildman–Crippen MR) is 75.7 cm³/mol. The number of hydrogen-bond donors (Lipinski definition) is 3. The number of nitrogens with zero attached hydrogens (tertiary/aromatic N) is 1. The highest BCUT2D eigenvalue weighted by Gasteiger charge is 2.10. The van der Waals surface area contributed by atoms with E-state index >= 15 is 0 Å². The van der Waals surface area contributed by atoms with Gasteiger partial charge in [0.05, 0.1) is 30.2 Å². The molecule has 0 aromatic heterocycles. The van der Waals surface area contributed by atoms with Crippen LogP contribution < -0.4 is 11.1 Å². The van der Waals surface area contributed by atoms with E-state index in [0.717, 1.165) is 6.54 Å². The van der Waals surface area contributed by atoms with Gasteiger partial charge in [0, 0.05) is 13.1 Å². The van der Waals surface area contributed by atoms with Gasteiger partial charge in [-0.1, -0.05) is 6.07 Å². The lowest BCUT2D eigenvalue weighted by atomic mass is 10.1. The molecular formula is C13H21N3O3. The molecular weight excluding hydrogens is 246 g/mol. The van der Waals surface area contributed by atoms with Gasteiger partial charge in [-0.05, 0) is 26.2 Å². The van der Waals surface area contributed by atoms with E-state index in [9.17, 15) is 4.79 Å². The first kappa shape index (κ1) is 15.3. The first-order valence-corrected chi connectivity index (χ1v) is 6.10. The zero-order chi connectivity index (χ0) is 14.3. The molecule has 0 atom stereocenters. The van der Waals surface area contributed by atoms with Crippen LogP contribution in [0.15, 0.2) is 18.2 Å². The van der Waals surface area contributed by atoms with Gasteiger partial charge in [-0.2, -0.15) is 0 Å². The Kier molecular flexibility index (Phi) is 6.11. The van der Waals surface area contributed by atoms with Gasteiger partial charge in [0.25, 0.3) is 0 Å². The summed E-state index contributed by atoms with van der Waals surface area (Å²) >= 11 is 0. The van der Waals surface area contributed by atoms with Crippen molar-refractivity contribution in [1.82, 2.24) is 4.90 Å². The van der Waals surface area contributed by atoms with Gasteiger partial charge in [0.15, 0.2) is 0 Å². The Hall–Kier alpha value is -1.79. The van der Waals surface area contributed by atoms with E-state index in [1.165, 1.54) is 6.07 Å². The standard InChI is InChI=1S/C13H21N3O3/c1-16(2)7-9-19-8-6-15-11-5-3-4-10(12(11)14)13(17)18/h3-5,15H,6-9,14H2,1-2H3,(H,17,18). The largest absolute Gasteiger partial charge is 0.478 e. The highest BCUT2D eigenvalue weighted by Crippen LogP contribution is 2.22. The first-order chi connectivity index (χ1) is 9.02. The van der Waals surface area contributed by atoms with Gasteiger partial charge in [-0.3, -0.25) is 0 Å². The summed E-state index contributed by atoms with van der Waals surface area (Å²) in [7, 11) is 3.97. The lowest BCUT2D eigenvalue weighted by Crippen LogP contribution is -2.20. The quantitative estimate of drug-likeness (QED) is 0.480. The number of rotatable bonds is 8. The van der Waals surface area contributed by atoms with Gasteiger partial charge < -0.3 is 25.8 Å². The molecule has 0 bridgehead atoms. The van der Waals surface area contributed by atoms with Crippen molar-refractivity contribution in [3.63, 3.8) is 0 Å². The molecule has 0 aliphatic rings. The maximum Gasteiger partial charge on any atom is 0.337 e. The summed E-state index contributed by atoms with van der Waals surface area (Å²) < 4.78 is 5.42. The molecule has 0 aliphatic heterocycles. The molecule has 0 spiro atoms. The molecule has 0 fully saturated rings. The summed E-state index contributed by atoms with van der Waals surface area (Å²) in [4.78, 5) is 13.0. The topological polar surface area (TPSA) is 87.8 Å². The number of likely N-dealkylation sites (N-methyl/N-ethyl adjacent to an activating group) is 1. The third-order valence-corrected chi connectivity index (χ3v) is 2.58. The van der Waals surface area contributed by atoms with Crippen molar-refractivity contribution < 1.29 is 14.6 Å². The van der Waals surface area contributed by atoms with Gasteiger partial charge in [0.2, 0.25) is 0 Å². The van der Waals surface area contributed by atoms with Crippen LogP contribution >= 0.6 is 0 Å². The van der Waals surface area contributed by atoms with E-state index in [1.54, 1.807) is 12.1 Å². The van der Waals surface area contributed by atoms with Crippen molar-refractivity contribution in [3.8, 4) is 0 Å². The summed E-state index contributed by atoms with van der Waals surface area (Å²) in [5.41, 5.74) is 6.76. The monoisotopic (exact) mass is 267 g/mol. The van der Waals surface area contributed by atoms with Crippen molar-refractivity contribution in [1.29, 1.82) is 0 Å². The summed E-state index contributed by atoms with van der Waals surface area (Å²) in [5.74, 6) is -1.02. The number of carboxylic acids is 1. The van der Waals surface area contributed by atoms with Crippen LogP contribution in [-0.4, -0.2) is 56.4 Å². The first-order valence-electron chi connectivity index (χ1n) is 6.10. The maximum absolute atomic E-state index is 10.9. The molecule has 0 heterocycles. The fourth-order valence-corrected chi connectivity index (χ4v) is 1.51. The Morgan fingerprint density at radius 3 is 2.79 bits per heavy atom. The Balaban J connectivity index is 2.37. The average Bonchev–Trinajstić information content (AvgIpc) is 2.34. The second-order valence-corrected chi connectivity index (χ2v) is 4.41. The molecule has 0 saturated carbocycles. The Morgan fingerprint density at radius 1 is 1.42 bits per heavy atom. The van der Waals surface area contributed by atoms with Crippen molar-refractivity contribution >= 4 is 17.3 Å². The van der Waals surface area contributed by atoms with E-state index in [-0.39, 0.29) is 11.3 Å². The predicted octanol–water partition coefficient (Wildman–Crippen LogP) is 0.957. The van der Waals surface area contributed by atoms with E-state index < -0.39 is 5.97 Å². The summed E-state index contributed by atoms with van der Waals surface area (Å²) in [6.45, 7) is 2.67. The highest BCUT2D eigenvalue weighted by atomic mass is 16.5. The molecule has 0 saturated heterocycles. The summed E-state index contributed by atoms with van der Waals surface area (Å²) in [6.07, 6.45) is 0. The number of carbonyl (C=O) groups is 1. The Morgan fingerprint density at radius 2 is 2.16 bits per heavy atom. The van der Waals surface area contributed by atoms with Gasteiger partial charge in [-0.15, -0.1) is 0 Å². The van der Waals surface area contributed by atoms with Gasteiger partial charge in [0.1, 0.15) is 0 Å². The van der Waals surface area contributed by atoms with E-state index in [2.05, 4.69) is 5.32 Å². The van der Waals surface area contributed by atoms with E-state index in [4.69, 9.17) is 15.6 Å². The van der Waals surface area contributed by atoms with Crippen LogP contribution in [0.1, 0.15) is 10.4 Å². The zero-order valence-corrected chi connectivity index (χ0v) is 11.3. The number of ether oxygens (including phenoxy) is 1. The number of nitrogen functional groups attached to an aromatic ring is 1. The minimum atomic E-state index is -1.02. The van der Waals surface area contributed by atoms with Crippen LogP contribution in [0.2, 0.25) is 0 Å². The Labute approximate surface area is 113 Å². The normalized spacial score (nSPS) is 10.7. The smallest absolute Gasteiger partial charge is 0.337 e. The van der Waals surface area contributed by atoms with Gasteiger partial charge >= 0.3 is 5.97 Å². The van der Waals surface area contributed by atoms with E-state index in [0.29, 0.717) is 25.4 Å². The fraction of sp³-hybridized carbons (Fsp3) is 0.462. The lowest BCUT2D eigenvalue weighted by Gasteiger charge is -2.12. The van der Waals surface area contributed by atoms with Crippen molar-refractivity contribution in [2.45, 2.75) is 0 Å². The fourth-order valence-electron chi connectivity index (χ4n) is 1.51. The van der Waals surface area contributed by atoms with E-state index in [1.807, 2.05) is 19.0 Å². The number of hydrogen-bond acceptors (Lipinski definition) is 5. The second-order valence-electron chi connectivity index (χ2n) is 4.41. The number of anilines is 2. The lowest BCUT2D eigenvalue weighted by molar-refractivity contribution is 0.0698. The Bertz CT molecular complexity index is 422. The number of nitrogens with two attached hydrogens (primary N) is 1. The molecule has 106 valence electrons. The minimum Gasteiger partial charge on any atom is -0.478 e. The molecule has 6 nitrogen and oxygen atoms in total. The molecule has 1 rings (SSSR count). The number of aromatic carboxylic acids is 1. The third-order valence-electron chi connectivity index (χ3n) is 2.58. The molecule has 19 heavy (non-hydrogen) atoms. The highest BCUT2D eigenvalue weighted by molar-refractivity contribution is 5.97. The minimum absolute atomic E-state index is 0.110. The van der Waals surface area contributed by atoms with Crippen molar-refractivity contribution in [3.05, 3.63) is 23.8 Å². The maximum atomic E-state index is 10.9. The van der Waals surface area contributed by atoms with Crippen LogP contribution in [-0.2, 0) is 4.74 Å². The SMILES string of the molecule is CN(C)CCOCCNc1cccc(C(=O)O)c1N. The molecule has 0 unspecified atom stereocenters. The number of nitrogens with one attached hydrogen (secondary N) is 1. The molecule has 6 heteroatoms. The number of para-hydroxylation sites is 1. The third kappa shape index (κ3) is 5.15.